The van der Waals surface area contributed by atoms with E-state index in [0.717, 1.165) is 0 Å². The van der Waals surface area contributed by atoms with Crippen LogP contribution in [0.3, 0.4) is 0 Å². The summed E-state index contributed by atoms with van der Waals surface area (Å²) in [4.78, 5) is 11.7. The molecule has 1 amide bonds. The predicted molar refractivity (Wildman–Crippen MR) is 96.7 cm³/mol. The molecule has 0 unspecified atom stereocenters. The van der Waals surface area contributed by atoms with E-state index < -0.39 is 22.5 Å². The van der Waals surface area contributed by atoms with Gasteiger partial charge in [-0.15, -0.1) is 0 Å². The number of anilines is 1. The summed E-state index contributed by atoms with van der Waals surface area (Å²) in [5, 5.41) is 3.35. The Balaban J connectivity index is 2.06. The fourth-order valence-electron chi connectivity index (χ4n) is 1.75. The molecule has 2 aromatic carbocycles. The van der Waals surface area contributed by atoms with Gasteiger partial charge in [0.05, 0.1) is 11.6 Å². The van der Waals surface area contributed by atoms with Crippen LogP contribution in [-0.4, -0.2) is 20.9 Å². The molecule has 0 fully saturated rings. The van der Waals surface area contributed by atoms with Crippen molar-refractivity contribution in [2.75, 3.05) is 11.9 Å². The van der Waals surface area contributed by atoms with Crippen molar-refractivity contribution in [3.05, 3.63) is 56.5 Å². The summed E-state index contributed by atoms with van der Waals surface area (Å²) < 4.78 is 26.5. The lowest BCUT2D eigenvalue weighted by molar-refractivity contribution is -0.115. The molecular weight excluding hydrogens is 418 g/mol. The molecule has 0 radical (unpaired) electrons. The van der Waals surface area contributed by atoms with E-state index in [1.54, 1.807) is 0 Å². The second-order valence-corrected chi connectivity index (χ2v) is 8.06. The summed E-state index contributed by atoms with van der Waals surface area (Å²) >= 11 is 23.3. The molecule has 0 aliphatic rings. The van der Waals surface area contributed by atoms with Gasteiger partial charge in [0.2, 0.25) is 15.9 Å². The molecule has 0 heterocycles. The van der Waals surface area contributed by atoms with Crippen molar-refractivity contribution in [1.29, 1.82) is 0 Å². The first kappa shape index (κ1) is 19.3. The van der Waals surface area contributed by atoms with E-state index in [9.17, 15) is 13.2 Å². The molecule has 2 aromatic rings. The third-order valence-electron chi connectivity index (χ3n) is 2.75. The van der Waals surface area contributed by atoms with E-state index in [2.05, 4.69) is 10.0 Å². The molecule has 2 N–H and O–H groups in total. The number of carbonyl (C=O) groups excluding carboxylic acids is 1. The number of nitrogens with one attached hydrogen (secondary N) is 2. The van der Waals surface area contributed by atoms with Crippen molar-refractivity contribution in [2.24, 2.45) is 0 Å². The van der Waals surface area contributed by atoms with Gasteiger partial charge in [-0.05, 0) is 36.4 Å². The predicted octanol–water partition coefficient (Wildman–Crippen LogP) is 4.22. The van der Waals surface area contributed by atoms with Gasteiger partial charge in [-0.25, -0.2) is 13.1 Å². The van der Waals surface area contributed by atoms with E-state index in [4.69, 9.17) is 46.4 Å². The molecule has 10 heteroatoms. The van der Waals surface area contributed by atoms with Gasteiger partial charge in [-0.2, -0.15) is 0 Å². The zero-order valence-electron chi connectivity index (χ0n) is 11.8. The molecule has 24 heavy (non-hydrogen) atoms. The van der Waals surface area contributed by atoms with E-state index in [1.807, 2.05) is 0 Å². The van der Waals surface area contributed by atoms with Crippen molar-refractivity contribution < 1.29 is 13.2 Å². The number of carbonyl (C=O) groups is 1. The normalized spacial score (nSPS) is 11.3. The Morgan fingerprint density at radius 2 is 1.54 bits per heavy atom. The first-order valence-electron chi connectivity index (χ1n) is 6.38. The van der Waals surface area contributed by atoms with Crippen molar-refractivity contribution in [2.45, 2.75) is 4.90 Å². The minimum absolute atomic E-state index is 0.00562. The van der Waals surface area contributed by atoms with Crippen LogP contribution < -0.4 is 10.0 Å². The molecule has 0 aromatic heterocycles. The van der Waals surface area contributed by atoms with Crippen LogP contribution in [0, 0.1) is 0 Å². The van der Waals surface area contributed by atoms with E-state index in [0.29, 0.717) is 15.7 Å². The monoisotopic (exact) mass is 426 g/mol. The lowest BCUT2D eigenvalue weighted by Crippen LogP contribution is -2.33. The van der Waals surface area contributed by atoms with Crippen molar-refractivity contribution in [3.63, 3.8) is 0 Å². The lowest BCUT2D eigenvalue weighted by atomic mass is 10.3. The molecule has 0 aliphatic heterocycles. The maximum absolute atomic E-state index is 12.2. The standard InChI is InChI=1S/C14H10Cl4N2O3S/c15-8-1-2-12(18)13(6-8)24(22,23)19-7-14(21)20-11-4-9(16)3-10(17)5-11/h1-6,19H,7H2,(H,20,21). The highest BCUT2D eigenvalue weighted by Crippen LogP contribution is 2.25. The van der Waals surface area contributed by atoms with Gasteiger partial charge in [0.25, 0.3) is 0 Å². The smallest absolute Gasteiger partial charge is 0.242 e. The van der Waals surface area contributed by atoms with Crippen LogP contribution in [0.25, 0.3) is 0 Å². The second-order valence-electron chi connectivity index (χ2n) is 4.61. The van der Waals surface area contributed by atoms with Crippen LogP contribution in [0.4, 0.5) is 5.69 Å². The summed E-state index contributed by atoms with van der Waals surface area (Å²) in [6.45, 7) is -0.505. The number of halogens is 4. The average Bonchev–Trinajstić information content (AvgIpc) is 2.46. The van der Waals surface area contributed by atoms with Crippen molar-refractivity contribution in [3.8, 4) is 0 Å². The Bertz CT molecular complexity index is 867. The molecule has 0 aliphatic carbocycles. The van der Waals surface area contributed by atoms with Gasteiger partial charge in [0.1, 0.15) is 4.90 Å². The maximum Gasteiger partial charge on any atom is 0.242 e. The fourth-order valence-corrected chi connectivity index (χ4v) is 4.02. The molecule has 5 nitrogen and oxygen atoms in total. The highest BCUT2D eigenvalue weighted by molar-refractivity contribution is 7.89. The molecule has 128 valence electrons. The van der Waals surface area contributed by atoms with E-state index in [-0.39, 0.29) is 14.9 Å². The van der Waals surface area contributed by atoms with Gasteiger partial charge < -0.3 is 5.32 Å². The quantitative estimate of drug-likeness (QED) is 0.749. The van der Waals surface area contributed by atoms with Crippen LogP contribution in [0.15, 0.2) is 41.3 Å². The first-order chi connectivity index (χ1) is 11.2. The number of hydrogen-bond acceptors (Lipinski definition) is 3. The van der Waals surface area contributed by atoms with E-state index in [1.165, 1.54) is 36.4 Å². The molecule has 0 saturated heterocycles. The average molecular weight is 428 g/mol. The molecule has 0 bridgehead atoms. The fraction of sp³-hybridized carbons (Fsp3) is 0.0714. The Labute approximate surface area is 158 Å². The largest absolute Gasteiger partial charge is 0.325 e. The van der Waals surface area contributed by atoms with Crippen LogP contribution in [0.1, 0.15) is 0 Å². The second kappa shape index (κ2) is 7.91. The molecular formula is C14H10Cl4N2O3S. The lowest BCUT2D eigenvalue weighted by Gasteiger charge is -2.10. The summed E-state index contributed by atoms with van der Waals surface area (Å²) in [5.41, 5.74) is 0.345. The highest BCUT2D eigenvalue weighted by atomic mass is 35.5. The minimum Gasteiger partial charge on any atom is -0.325 e. The summed E-state index contributed by atoms with van der Waals surface area (Å²) in [6.07, 6.45) is 0. The van der Waals surface area contributed by atoms with E-state index >= 15 is 0 Å². The van der Waals surface area contributed by atoms with Gasteiger partial charge in [0.15, 0.2) is 0 Å². The highest BCUT2D eigenvalue weighted by Gasteiger charge is 2.19. The maximum atomic E-state index is 12.2. The summed E-state index contributed by atoms with van der Waals surface area (Å²) in [6, 6.07) is 8.47. The third-order valence-corrected chi connectivity index (χ3v) is 5.31. The number of benzene rings is 2. The third kappa shape index (κ3) is 5.24. The van der Waals surface area contributed by atoms with Crippen LogP contribution in [0.2, 0.25) is 20.1 Å². The summed E-state index contributed by atoms with van der Waals surface area (Å²) in [7, 11) is -4.00. The first-order valence-corrected chi connectivity index (χ1v) is 9.37. The number of sulfonamides is 1. The van der Waals surface area contributed by atoms with Gasteiger partial charge in [-0.1, -0.05) is 46.4 Å². The topological polar surface area (TPSA) is 75.3 Å². The Morgan fingerprint density at radius 3 is 2.17 bits per heavy atom. The van der Waals surface area contributed by atoms with Gasteiger partial charge >= 0.3 is 0 Å². The Kier molecular flexibility index (Phi) is 6.36. The minimum atomic E-state index is -4.00. The SMILES string of the molecule is O=C(CNS(=O)(=O)c1cc(Cl)ccc1Cl)Nc1cc(Cl)cc(Cl)c1. The van der Waals surface area contributed by atoms with Crippen LogP contribution >= 0.6 is 46.4 Å². The number of rotatable bonds is 5. The summed E-state index contributed by atoms with van der Waals surface area (Å²) in [5.74, 6) is -0.602. The zero-order valence-corrected chi connectivity index (χ0v) is 15.7. The number of amides is 1. The zero-order chi connectivity index (χ0) is 17.9. The van der Waals surface area contributed by atoms with Crippen molar-refractivity contribution >= 4 is 68.0 Å². The molecule has 2 rings (SSSR count). The number of hydrogen-bond donors (Lipinski definition) is 2. The molecule has 0 atom stereocenters. The molecule has 0 saturated carbocycles. The molecule has 0 spiro atoms. The van der Waals surface area contributed by atoms with Crippen LogP contribution in [0.5, 0.6) is 0 Å². The van der Waals surface area contributed by atoms with Crippen LogP contribution in [-0.2, 0) is 14.8 Å². The van der Waals surface area contributed by atoms with Gasteiger partial charge in [-0.3, -0.25) is 4.79 Å². The Morgan fingerprint density at radius 1 is 0.917 bits per heavy atom. The Hall–Kier alpha value is -1.02. The van der Waals surface area contributed by atoms with Gasteiger partial charge in [0, 0.05) is 20.8 Å². The van der Waals surface area contributed by atoms with Crippen molar-refractivity contribution in [1.82, 2.24) is 4.72 Å².